The Hall–Kier alpha value is -0.580. The van der Waals surface area contributed by atoms with Gasteiger partial charge in [0.1, 0.15) is 0 Å². The Morgan fingerprint density at radius 2 is 1.86 bits per heavy atom. The van der Waals surface area contributed by atoms with Crippen LogP contribution in [0.5, 0.6) is 0 Å². The summed E-state index contributed by atoms with van der Waals surface area (Å²) in [4.78, 5) is 0. The van der Waals surface area contributed by atoms with E-state index in [4.69, 9.17) is 11.6 Å². The van der Waals surface area contributed by atoms with Gasteiger partial charge in [0, 0.05) is 12.4 Å². The van der Waals surface area contributed by atoms with Crippen LogP contribution in [0.4, 0.5) is 0 Å². The second-order valence-electron chi connectivity index (χ2n) is 6.25. The van der Waals surface area contributed by atoms with E-state index in [0.717, 1.165) is 31.2 Å². The molecule has 5 heteroatoms. The van der Waals surface area contributed by atoms with Crippen molar-refractivity contribution >= 4 is 21.6 Å². The van der Waals surface area contributed by atoms with Gasteiger partial charge in [-0.1, -0.05) is 50.1 Å². The van der Waals surface area contributed by atoms with Gasteiger partial charge < -0.3 is 0 Å². The fraction of sp³-hybridized carbons (Fsp3) is 0.625. The Labute approximate surface area is 133 Å². The molecule has 118 valence electrons. The molecule has 1 fully saturated rings. The zero-order chi connectivity index (χ0) is 15.3. The van der Waals surface area contributed by atoms with Crippen molar-refractivity contribution in [3.8, 4) is 0 Å². The second-order valence-corrected chi connectivity index (χ2v) is 8.37. The standard InChI is InChI=1S/C16H24ClNO2S/c1-14(15-7-3-2-4-8-15)11-21(19,20)18-13-16(12-17)9-5-6-10-16/h2-4,7-8,14,18H,5-6,9-13H2,1H3. The lowest BCUT2D eigenvalue weighted by Crippen LogP contribution is -2.38. The van der Waals surface area contributed by atoms with Gasteiger partial charge in [-0.15, -0.1) is 11.6 Å². The summed E-state index contributed by atoms with van der Waals surface area (Å²) < 4.78 is 27.3. The van der Waals surface area contributed by atoms with Crippen LogP contribution in [0.1, 0.15) is 44.1 Å². The van der Waals surface area contributed by atoms with E-state index in [2.05, 4.69) is 4.72 Å². The van der Waals surface area contributed by atoms with Crippen molar-refractivity contribution in [1.82, 2.24) is 4.72 Å². The molecule has 0 radical (unpaired) electrons. The number of hydrogen-bond acceptors (Lipinski definition) is 2. The molecule has 3 nitrogen and oxygen atoms in total. The summed E-state index contributed by atoms with van der Waals surface area (Å²) in [7, 11) is -3.27. The smallest absolute Gasteiger partial charge is 0.212 e. The molecule has 1 aromatic rings. The number of rotatable bonds is 7. The summed E-state index contributed by atoms with van der Waals surface area (Å²) in [5, 5.41) is 0. The molecule has 0 saturated heterocycles. The molecule has 0 amide bonds. The Kier molecular flexibility index (Phi) is 5.69. The maximum absolute atomic E-state index is 12.3. The first-order valence-corrected chi connectivity index (χ1v) is 9.73. The van der Waals surface area contributed by atoms with Crippen LogP contribution in [-0.2, 0) is 10.0 Å². The van der Waals surface area contributed by atoms with Crippen molar-refractivity contribution in [2.24, 2.45) is 5.41 Å². The van der Waals surface area contributed by atoms with Gasteiger partial charge in [0.15, 0.2) is 0 Å². The summed E-state index contributed by atoms with van der Waals surface area (Å²) in [6.07, 6.45) is 4.34. The molecule has 1 aliphatic rings. The first-order valence-electron chi connectivity index (χ1n) is 7.55. The number of halogens is 1. The monoisotopic (exact) mass is 329 g/mol. The van der Waals surface area contributed by atoms with Crippen molar-refractivity contribution in [3.05, 3.63) is 35.9 Å². The van der Waals surface area contributed by atoms with Crippen molar-refractivity contribution in [2.45, 2.75) is 38.5 Å². The van der Waals surface area contributed by atoms with Crippen LogP contribution in [0, 0.1) is 5.41 Å². The van der Waals surface area contributed by atoms with Gasteiger partial charge >= 0.3 is 0 Å². The second kappa shape index (κ2) is 7.12. The zero-order valence-corrected chi connectivity index (χ0v) is 14.1. The Morgan fingerprint density at radius 3 is 2.43 bits per heavy atom. The van der Waals surface area contributed by atoms with E-state index in [0.29, 0.717) is 12.4 Å². The van der Waals surface area contributed by atoms with Gasteiger partial charge in [-0.3, -0.25) is 0 Å². The quantitative estimate of drug-likeness (QED) is 0.778. The maximum Gasteiger partial charge on any atom is 0.212 e. The van der Waals surface area contributed by atoms with Gasteiger partial charge in [-0.05, 0) is 29.7 Å². The van der Waals surface area contributed by atoms with Crippen LogP contribution in [-0.4, -0.2) is 26.6 Å². The predicted molar refractivity (Wildman–Crippen MR) is 88.3 cm³/mol. The van der Waals surface area contributed by atoms with E-state index in [1.165, 1.54) is 0 Å². The first-order chi connectivity index (χ1) is 9.96. The van der Waals surface area contributed by atoms with Crippen LogP contribution < -0.4 is 4.72 Å². The van der Waals surface area contributed by atoms with E-state index in [-0.39, 0.29) is 17.1 Å². The van der Waals surface area contributed by atoms with Crippen LogP contribution >= 0.6 is 11.6 Å². The minimum Gasteiger partial charge on any atom is -0.215 e. The topological polar surface area (TPSA) is 46.2 Å². The molecule has 0 bridgehead atoms. The highest BCUT2D eigenvalue weighted by atomic mass is 35.5. The number of benzene rings is 1. The molecule has 1 aliphatic carbocycles. The third kappa shape index (κ3) is 4.70. The Balaban J connectivity index is 1.93. The van der Waals surface area contributed by atoms with Gasteiger partial charge in [0.2, 0.25) is 10.0 Å². The predicted octanol–water partition coefficient (Wildman–Crippen LogP) is 3.51. The molecule has 1 unspecified atom stereocenters. The van der Waals surface area contributed by atoms with Gasteiger partial charge in [0.25, 0.3) is 0 Å². The minimum atomic E-state index is -3.27. The van der Waals surface area contributed by atoms with Crippen molar-refractivity contribution in [3.63, 3.8) is 0 Å². The average molecular weight is 330 g/mol. The molecule has 21 heavy (non-hydrogen) atoms. The van der Waals surface area contributed by atoms with Crippen molar-refractivity contribution in [1.29, 1.82) is 0 Å². The third-order valence-corrected chi connectivity index (χ3v) is 6.54. The normalized spacial score (nSPS) is 19.5. The molecule has 1 saturated carbocycles. The lowest BCUT2D eigenvalue weighted by atomic mass is 9.89. The Bertz CT molecular complexity index is 539. The van der Waals surface area contributed by atoms with E-state index in [1.807, 2.05) is 37.3 Å². The van der Waals surface area contributed by atoms with E-state index in [1.54, 1.807) is 0 Å². The number of alkyl halides is 1. The SMILES string of the molecule is CC(CS(=O)(=O)NCC1(CCl)CCCC1)c1ccccc1. The molecular weight excluding hydrogens is 306 g/mol. The third-order valence-electron chi connectivity index (χ3n) is 4.45. The molecule has 2 rings (SSSR count). The van der Waals surface area contributed by atoms with E-state index in [9.17, 15) is 8.42 Å². The van der Waals surface area contributed by atoms with Gasteiger partial charge in [-0.2, -0.15) is 0 Å². The minimum absolute atomic E-state index is 0.0146. The highest BCUT2D eigenvalue weighted by Crippen LogP contribution is 2.38. The summed E-state index contributed by atoms with van der Waals surface area (Å²) >= 11 is 6.06. The highest BCUT2D eigenvalue weighted by Gasteiger charge is 2.34. The molecule has 0 spiro atoms. The molecular formula is C16H24ClNO2S. The fourth-order valence-electron chi connectivity index (χ4n) is 3.01. The summed E-state index contributed by atoms with van der Waals surface area (Å²) in [6, 6.07) is 9.75. The first kappa shape index (κ1) is 16.8. The molecule has 1 atom stereocenters. The molecule has 0 aromatic heterocycles. The van der Waals surface area contributed by atoms with E-state index >= 15 is 0 Å². The highest BCUT2D eigenvalue weighted by molar-refractivity contribution is 7.89. The number of hydrogen-bond donors (Lipinski definition) is 1. The van der Waals surface area contributed by atoms with Gasteiger partial charge in [-0.25, -0.2) is 13.1 Å². The van der Waals surface area contributed by atoms with Crippen molar-refractivity contribution < 1.29 is 8.42 Å². The van der Waals surface area contributed by atoms with Crippen LogP contribution in [0.15, 0.2) is 30.3 Å². The largest absolute Gasteiger partial charge is 0.215 e. The summed E-state index contributed by atoms with van der Waals surface area (Å²) in [6.45, 7) is 2.42. The lowest BCUT2D eigenvalue weighted by molar-refractivity contribution is 0.342. The van der Waals surface area contributed by atoms with Gasteiger partial charge in [0.05, 0.1) is 5.75 Å². The lowest BCUT2D eigenvalue weighted by Gasteiger charge is -2.26. The molecule has 1 N–H and O–H groups in total. The molecule has 0 heterocycles. The molecule has 0 aliphatic heterocycles. The summed E-state index contributed by atoms with van der Waals surface area (Å²) in [5.41, 5.74) is 1.01. The van der Waals surface area contributed by atoms with Crippen LogP contribution in [0.25, 0.3) is 0 Å². The summed E-state index contributed by atoms with van der Waals surface area (Å²) in [5.74, 6) is 0.637. The van der Waals surface area contributed by atoms with Crippen LogP contribution in [0.3, 0.4) is 0 Å². The fourth-order valence-corrected chi connectivity index (χ4v) is 4.87. The maximum atomic E-state index is 12.3. The molecule has 1 aromatic carbocycles. The van der Waals surface area contributed by atoms with Crippen molar-refractivity contribution in [2.75, 3.05) is 18.2 Å². The number of nitrogens with one attached hydrogen (secondary N) is 1. The zero-order valence-electron chi connectivity index (χ0n) is 12.5. The average Bonchev–Trinajstić information content (AvgIpc) is 2.95. The Morgan fingerprint density at radius 1 is 1.24 bits per heavy atom. The van der Waals surface area contributed by atoms with E-state index < -0.39 is 10.0 Å². The number of sulfonamides is 1. The van der Waals surface area contributed by atoms with Crippen LogP contribution in [0.2, 0.25) is 0 Å².